The molecule has 130 valence electrons. The number of halogens is 1. The number of rotatable bonds is 6. The van der Waals surface area contributed by atoms with Crippen LogP contribution in [0.25, 0.3) is 0 Å². The first-order valence-electron chi connectivity index (χ1n) is 8.32. The monoisotopic (exact) mass is 339 g/mol. The molecular weight excluding hydrogens is 310 g/mol. The highest BCUT2D eigenvalue weighted by atomic mass is 35.5. The average molecular weight is 340 g/mol. The SMILES string of the molecule is CNCCC1CCN(CC(=O)Nc2ccc(C)c(C)c2)CC1.Cl. The molecule has 4 nitrogen and oxygen atoms in total. The van der Waals surface area contributed by atoms with Crippen LogP contribution in [0.15, 0.2) is 18.2 Å². The average Bonchev–Trinajstić information content (AvgIpc) is 2.50. The molecule has 1 aliphatic rings. The molecule has 0 aromatic heterocycles. The van der Waals surface area contributed by atoms with Crippen LogP contribution in [-0.4, -0.2) is 44.0 Å². The van der Waals surface area contributed by atoms with Gasteiger partial charge in [-0.15, -0.1) is 12.4 Å². The Morgan fingerprint density at radius 2 is 1.91 bits per heavy atom. The van der Waals surface area contributed by atoms with E-state index in [0.717, 1.165) is 31.2 Å². The molecule has 2 N–H and O–H groups in total. The van der Waals surface area contributed by atoms with Gasteiger partial charge in [-0.2, -0.15) is 0 Å². The first-order chi connectivity index (χ1) is 10.6. The normalized spacial score (nSPS) is 16.0. The standard InChI is InChI=1S/C18H29N3O.ClH/c1-14-4-5-17(12-15(14)2)20-18(22)13-21-10-7-16(8-11-21)6-9-19-3;/h4-5,12,16,19H,6-11,13H2,1-3H3,(H,20,22);1H. The molecule has 0 bridgehead atoms. The molecule has 1 amide bonds. The highest BCUT2D eigenvalue weighted by Crippen LogP contribution is 2.20. The van der Waals surface area contributed by atoms with E-state index >= 15 is 0 Å². The summed E-state index contributed by atoms with van der Waals surface area (Å²) in [6.07, 6.45) is 3.66. The molecule has 1 aromatic carbocycles. The van der Waals surface area contributed by atoms with E-state index in [2.05, 4.69) is 35.4 Å². The molecule has 0 unspecified atom stereocenters. The van der Waals surface area contributed by atoms with E-state index in [1.165, 1.54) is 30.4 Å². The Balaban J connectivity index is 0.00000264. The van der Waals surface area contributed by atoms with Crippen molar-refractivity contribution in [1.82, 2.24) is 10.2 Å². The van der Waals surface area contributed by atoms with Gasteiger partial charge in [0, 0.05) is 5.69 Å². The number of hydrogen-bond acceptors (Lipinski definition) is 3. The second kappa shape index (κ2) is 9.91. The maximum atomic E-state index is 12.2. The second-order valence-corrected chi connectivity index (χ2v) is 6.46. The molecule has 0 spiro atoms. The van der Waals surface area contributed by atoms with Crippen LogP contribution in [0.2, 0.25) is 0 Å². The van der Waals surface area contributed by atoms with E-state index in [-0.39, 0.29) is 18.3 Å². The molecule has 1 heterocycles. The van der Waals surface area contributed by atoms with Crippen LogP contribution in [0.5, 0.6) is 0 Å². The van der Waals surface area contributed by atoms with E-state index in [9.17, 15) is 4.79 Å². The predicted molar refractivity (Wildman–Crippen MR) is 99.5 cm³/mol. The molecule has 1 aromatic rings. The predicted octanol–water partition coefficient (Wildman–Crippen LogP) is 2.99. The highest BCUT2D eigenvalue weighted by Gasteiger charge is 2.20. The van der Waals surface area contributed by atoms with Gasteiger partial charge in [-0.3, -0.25) is 9.69 Å². The fraction of sp³-hybridized carbons (Fsp3) is 0.611. The number of carbonyl (C=O) groups excluding carboxylic acids is 1. The van der Waals surface area contributed by atoms with Crippen molar-refractivity contribution in [1.29, 1.82) is 0 Å². The Hall–Kier alpha value is -1.10. The zero-order valence-corrected chi connectivity index (χ0v) is 15.3. The maximum Gasteiger partial charge on any atom is 0.238 e. The van der Waals surface area contributed by atoms with E-state index in [1.807, 2.05) is 19.2 Å². The minimum absolute atomic E-state index is 0. The van der Waals surface area contributed by atoms with Gasteiger partial charge in [0.05, 0.1) is 6.54 Å². The highest BCUT2D eigenvalue weighted by molar-refractivity contribution is 5.92. The third-order valence-corrected chi connectivity index (χ3v) is 4.67. The molecule has 23 heavy (non-hydrogen) atoms. The van der Waals surface area contributed by atoms with Gasteiger partial charge in [0.15, 0.2) is 0 Å². The first-order valence-corrected chi connectivity index (χ1v) is 8.32. The Bertz CT molecular complexity index is 499. The number of aryl methyl sites for hydroxylation is 2. The third kappa shape index (κ3) is 6.50. The summed E-state index contributed by atoms with van der Waals surface area (Å²) >= 11 is 0. The Labute approximate surface area is 146 Å². The summed E-state index contributed by atoms with van der Waals surface area (Å²) < 4.78 is 0. The number of piperidine rings is 1. The summed E-state index contributed by atoms with van der Waals surface area (Å²) in [6, 6.07) is 6.07. The number of benzene rings is 1. The minimum atomic E-state index is 0. The number of nitrogens with zero attached hydrogens (tertiary/aromatic N) is 1. The zero-order valence-electron chi connectivity index (χ0n) is 14.5. The molecule has 5 heteroatoms. The lowest BCUT2D eigenvalue weighted by Gasteiger charge is -2.31. The first kappa shape index (κ1) is 19.9. The number of likely N-dealkylation sites (tertiary alicyclic amines) is 1. The molecule has 0 saturated carbocycles. The van der Waals surface area contributed by atoms with Crippen LogP contribution in [0.1, 0.15) is 30.4 Å². The topological polar surface area (TPSA) is 44.4 Å². The number of anilines is 1. The molecule has 1 aliphatic heterocycles. The largest absolute Gasteiger partial charge is 0.325 e. The van der Waals surface area contributed by atoms with Gasteiger partial charge < -0.3 is 10.6 Å². The number of carbonyl (C=O) groups is 1. The maximum absolute atomic E-state index is 12.2. The number of amides is 1. The van der Waals surface area contributed by atoms with Gasteiger partial charge in [-0.05, 0) is 89.0 Å². The lowest BCUT2D eigenvalue weighted by atomic mass is 9.93. The van der Waals surface area contributed by atoms with Crippen molar-refractivity contribution < 1.29 is 4.79 Å². The van der Waals surface area contributed by atoms with Crippen LogP contribution < -0.4 is 10.6 Å². The van der Waals surface area contributed by atoms with Gasteiger partial charge in [0.2, 0.25) is 5.91 Å². The summed E-state index contributed by atoms with van der Waals surface area (Å²) in [5, 5.41) is 6.23. The number of nitrogens with one attached hydrogen (secondary N) is 2. The van der Waals surface area contributed by atoms with E-state index in [1.54, 1.807) is 0 Å². The molecule has 1 saturated heterocycles. The molecule has 1 fully saturated rings. The van der Waals surface area contributed by atoms with Gasteiger partial charge in [0.1, 0.15) is 0 Å². The summed E-state index contributed by atoms with van der Waals surface area (Å²) in [5.41, 5.74) is 3.36. The van der Waals surface area contributed by atoms with Crippen molar-refractivity contribution in [2.45, 2.75) is 33.1 Å². The molecule has 0 radical (unpaired) electrons. The van der Waals surface area contributed by atoms with Crippen LogP contribution in [0.3, 0.4) is 0 Å². The Morgan fingerprint density at radius 1 is 1.22 bits per heavy atom. The lowest BCUT2D eigenvalue weighted by molar-refractivity contribution is -0.117. The van der Waals surface area contributed by atoms with Crippen molar-refractivity contribution in [3.05, 3.63) is 29.3 Å². The van der Waals surface area contributed by atoms with E-state index in [4.69, 9.17) is 0 Å². The van der Waals surface area contributed by atoms with Crippen LogP contribution in [-0.2, 0) is 4.79 Å². The third-order valence-electron chi connectivity index (χ3n) is 4.67. The van der Waals surface area contributed by atoms with Crippen molar-refractivity contribution in [3.8, 4) is 0 Å². The van der Waals surface area contributed by atoms with E-state index < -0.39 is 0 Å². The second-order valence-electron chi connectivity index (χ2n) is 6.46. The quantitative estimate of drug-likeness (QED) is 0.837. The molecular formula is C18H30ClN3O. The van der Waals surface area contributed by atoms with E-state index in [0.29, 0.717) is 6.54 Å². The fourth-order valence-electron chi connectivity index (χ4n) is 3.00. The van der Waals surface area contributed by atoms with Crippen molar-refractivity contribution in [2.24, 2.45) is 5.92 Å². The van der Waals surface area contributed by atoms with Crippen LogP contribution in [0, 0.1) is 19.8 Å². The molecule has 0 atom stereocenters. The smallest absolute Gasteiger partial charge is 0.238 e. The van der Waals surface area contributed by atoms with Gasteiger partial charge >= 0.3 is 0 Å². The fourth-order valence-corrected chi connectivity index (χ4v) is 3.00. The minimum Gasteiger partial charge on any atom is -0.325 e. The lowest BCUT2D eigenvalue weighted by Crippen LogP contribution is -2.39. The Morgan fingerprint density at radius 3 is 2.52 bits per heavy atom. The Kier molecular flexibility index (Phi) is 8.59. The summed E-state index contributed by atoms with van der Waals surface area (Å²) in [7, 11) is 2.01. The van der Waals surface area contributed by atoms with Crippen LogP contribution >= 0.6 is 12.4 Å². The molecule has 2 rings (SSSR count). The van der Waals surface area contributed by atoms with Crippen molar-refractivity contribution >= 4 is 24.0 Å². The van der Waals surface area contributed by atoms with Gasteiger partial charge in [-0.1, -0.05) is 6.07 Å². The zero-order chi connectivity index (χ0) is 15.9. The number of hydrogen-bond donors (Lipinski definition) is 2. The molecule has 0 aliphatic carbocycles. The van der Waals surface area contributed by atoms with Gasteiger partial charge in [0.25, 0.3) is 0 Å². The summed E-state index contributed by atoms with van der Waals surface area (Å²) in [6.45, 7) is 7.83. The summed E-state index contributed by atoms with van der Waals surface area (Å²) in [5.74, 6) is 0.906. The van der Waals surface area contributed by atoms with Crippen molar-refractivity contribution in [2.75, 3.05) is 38.5 Å². The summed E-state index contributed by atoms with van der Waals surface area (Å²) in [4.78, 5) is 14.4. The van der Waals surface area contributed by atoms with Crippen LogP contribution in [0.4, 0.5) is 5.69 Å². The van der Waals surface area contributed by atoms with Gasteiger partial charge in [-0.25, -0.2) is 0 Å². The van der Waals surface area contributed by atoms with Crippen molar-refractivity contribution in [3.63, 3.8) is 0 Å².